The zero-order chi connectivity index (χ0) is 13.9. The number of rotatable bonds is 1. The number of hydrogen-bond acceptors (Lipinski definition) is 2. The second kappa shape index (κ2) is 4.43. The highest BCUT2D eigenvalue weighted by molar-refractivity contribution is 9.09. The Morgan fingerprint density at radius 1 is 1.25 bits per heavy atom. The molecule has 0 unspecified atom stereocenters. The van der Waals surface area contributed by atoms with Gasteiger partial charge in [0.25, 0.3) is 0 Å². The SMILES string of the molecule is C[C@H]1[C@@H](c2ccccc2)O[C@]2([C@H]3C=C[C@H](C3)[C@@H]2Br)N1C. The van der Waals surface area contributed by atoms with Gasteiger partial charge in [-0.05, 0) is 31.9 Å². The summed E-state index contributed by atoms with van der Waals surface area (Å²) in [6.45, 7) is 2.28. The molecule has 1 aromatic rings. The summed E-state index contributed by atoms with van der Waals surface area (Å²) in [7, 11) is 2.22. The Kier molecular flexibility index (Phi) is 2.89. The van der Waals surface area contributed by atoms with Gasteiger partial charge >= 0.3 is 0 Å². The Labute approximate surface area is 128 Å². The monoisotopic (exact) mass is 333 g/mol. The molecule has 0 aromatic heterocycles. The van der Waals surface area contributed by atoms with Gasteiger partial charge in [0, 0.05) is 12.0 Å². The van der Waals surface area contributed by atoms with Crippen LogP contribution in [0.3, 0.4) is 0 Å². The van der Waals surface area contributed by atoms with Crippen molar-refractivity contribution in [3.63, 3.8) is 0 Å². The van der Waals surface area contributed by atoms with E-state index in [0.29, 0.717) is 22.7 Å². The maximum atomic E-state index is 6.69. The minimum Gasteiger partial charge on any atom is -0.349 e. The minimum absolute atomic E-state index is 0.161. The normalized spacial score (nSPS) is 46.6. The Morgan fingerprint density at radius 3 is 2.65 bits per heavy atom. The van der Waals surface area contributed by atoms with Gasteiger partial charge in [0.2, 0.25) is 0 Å². The molecule has 3 aliphatic rings. The van der Waals surface area contributed by atoms with E-state index in [0.717, 1.165) is 0 Å². The van der Waals surface area contributed by atoms with Crippen LogP contribution in [-0.2, 0) is 4.74 Å². The van der Waals surface area contributed by atoms with Gasteiger partial charge in [-0.25, -0.2) is 0 Å². The molecule has 0 radical (unpaired) electrons. The molecule has 1 spiro atoms. The molecule has 2 aliphatic carbocycles. The van der Waals surface area contributed by atoms with Gasteiger partial charge in [-0.2, -0.15) is 0 Å². The molecule has 0 amide bonds. The van der Waals surface area contributed by atoms with Crippen LogP contribution in [0.2, 0.25) is 0 Å². The number of likely N-dealkylation sites (N-methyl/N-ethyl adjacent to an activating group) is 1. The van der Waals surface area contributed by atoms with Crippen LogP contribution in [0.4, 0.5) is 0 Å². The molecule has 20 heavy (non-hydrogen) atoms. The van der Waals surface area contributed by atoms with Crippen molar-refractivity contribution in [3.05, 3.63) is 48.0 Å². The summed E-state index contributed by atoms with van der Waals surface area (Å²) < 4.78 is 6.69. The first kappa shape index (κ1) is 13.1. The molecule has 1 aliphatic heterocycles. The molecule has 1 saturated heterocycles. The highest BCUT2D eigenvalue weighted by Crippen LogP contribution is 2.58. The van der Waals surface area contributed by atoms with E-state index in [4.69, 9.17) is 4.74 Å². The van der Waals surface area contributed by atoms with Gasteiger partial charge in [-0.1, -0.05) is 58.4 Å². The Bertz CT molecular complexity index is 545. The first-order valence-corrected chi connectivity index (χ1v) is 8.34. The van der Waals surface area contributed by atoms with Crippen molar-refractivity contribution in [1.82, 2.24) is 4.90 Å². The molecule has 1 aromatic carbocycles. The topological polar surface area (TPSA) is 12.5 Å². The summed E-state index contributed by atoms with van der Waals surface area (Å²) in [5, 5.41) is 0. The van der Waals surface area contributed by atoms with Gasteiger partial charge in [0.1, 0.15) is 11.8 Å². The number of alkyl halides is 1. The molecule has 1 saturated carbocycles. The average molecular weight is 334 g/mol. The summed E-state index contributed by atoms with van der Waals surface area (Å²) in [5.74, 6) is 1.13. The molecule has 0 N–H and O–H groups in total. The minimum atomic E-state index is -0.167. The predicted octanol–water partition coefficient (Wildman–Crippen LogP) is 3.74. The Morgan fingerprint density at radius 2 is 2.00 bits per heavy atom. The summed E-state index contributed by atoms with van der Waals surface area (Å²) in [4.78, 5) is 2.85. The van der Waals surface area contributed by atoms with Crippen molar-refractivity contribution in [3.8, 4) is 0 Å². The molecule has 106 valence electrons. The summed E-state index contributed by atoms with van der Waals surface area (Å²) in [6, 6.07) is 11.0. The predicted molar refractivity (Wildman–Crippen MR) is 83.7 cm³/mol. The smallest absolute Gasteiger partial charge is 0.142 e. The third-order valence-corrected chi connectivity index (χ3v) is 6.80. The van der Waals surface area contributed by atoms with Crippen LogP contribution >= 0.6 is 15.9 Å². The quantitative estimate of drug-likeness (QED) is 0.573. The van der Waals surface area contributed by atoms with Crippen LogP contribution in [0.15, 0.2) is 42.5 Å². The second-order valence-corrected chi connectivity index (χ2v) is 7.33. The fourth-order valence-corrected chi connectivity index (χ4v) is 5.43. The lowest BCUT2D eigenvalue weighted by atomic mass is 9.95. The number of hydrogen-bond donors (Lipinski definition) is 0. The van der Waals surface area contributed by atoms with Crippen LogP contribution in [0.1, 0.15) is 25.0 Å². The molecule has 2 bridgehead atoms. The molecular formula is C17H20BrNO. The molecule has 3 heteroatoms. The van der Waals surface area contributed by atoms with Crippen molar-refractivity contribution in [1.29, 1.82) is 0 Å². The zero-order valence-electron chi connectivity index (χ0n) is 11.9. The molecule has 2 nitrogen and oxygen atoms in total. The van der Waals surface area contributed by atoms with E-state index in [1.807, 2.05) is 0 Å². The number of nitrogens with zero attached hydrogens (tertiary/aromatic N) is 1. The largest absolute Gasteiger partial charge is 0.349 e. The van der Waals surface area contributed by atoms with E-state index in [9.17, 15) is 0 Å². The van der Waals surface area contributed by atoms with E-state index in [1.165, 1.54) is 12.0 Å². The standard InChI is InChI=1S/C17H20BrNO/c1-11-15(12-6-4-3-5-7-12)20-17(19(11)2)14-9-8-13(10-14)16(17)18/h3-9,11,13-16H,10H2,1-2H3/t11-,13+,14-,15-,16-,17-/m0/s1. The third-order valence-electron chi connectivity index (χ3n) is 5.46. The average Bonchev–Trinajstić information content (AvgIpc) is 3.12. The van der Waals surface area contributed by atoms with E-state index in [1.54, 1.807) is 0 Å². The first-order chi connectivity index (χ1) is 9.64. The third kappa shape index (κ3) is 1.52. The van der Waals surface area contributed by atoms with E-state index in [-0.39, 0.29) is 11.8 Å². The van der Waals surface area contributed by atoms with Gasteiger partial charge in [-0.15, -0.1) is 0 Å². The van der Waals surface area contributed by atoms with Gasteiger partial charge < -0.3 is 4.74 Å². The van der Waals surface area contributed by atoms with Crippen LogP contribution in [-0.4, -0.2) is 28.5 Å². The number of allylic oxidation sites excluding steroid dienone is 1. The van der Waals surface area contributed by atoms with Gasteiger partial charge in [0.15, 0.2) is 0 Å². The van der Waals surface area contributed by atoms with Gasteiger partial charge in [0.05, 0.1) is 4.83 Å². The van der Waals surface area contributed by atoms with E-state index in [2.05, 4.69) is 77.3 Å². The Balaban J connectivity index is 1.73. The fraction of sp³-hybridized carbons (Fsp3) is 0.529. The summed E-state index contributed by atoms with van der Waals surface area (Å²) >= 11 is 3.93. The van der Waals surface area contributed by atoms with Crippen molar-refractivity contribution in [2.75, 3.05) is 7.05 Å². The number of halogens is 1. The molecular weight excluding hydrogens is 314 g/mol. The highest BCUT2D eigenvalue weighted by Gasteiger charge is 2.64. The van der Waals surface area contributed by atoms with Crippen LogP contribution in [0, 0.1) is 11.8 Å². The number of ether oxygens (including phenoxy) is 1. The zero-order valence-corrected chi connectivity index (χ0v) is 13.5. The maximum Gasteiger partial charge on any atom is 0.142 e. The second-order valence-electron chi connectivity index (χ2n) is 6.35. The van der Waals surface area contributed by atoms with E-state index < -0.39 is 0 Å². The molecule has 2 fully saturated rings. The van der Waals surface area contributed by atoms with Gasteiger partial charge in [-0.3, -0.25) is 4.90 Å². The van der Waals surface area contributed by atoms with Crippen molar-refractivity contribution in [2.45, 2.75) is 36.0 Å². The lowest BCUT2D eigenvalue weighted by Gasteiger charge is -2.41. The van der Waals surface area contributed by atoms with Crippen LogP contribution in [0.25, 0.3) is 0 Å². The molecule has 4 rings (SSSR count). The lowest BCUT2D eigenvalue weighted by Crippen LogP contribution is -2.54. The number of fused-ring (bicyclic) bond motifs is 3. The van der Waals surface area contributed by atoms with Crippen molar-refractivity contribution < 1.29 is 4.74 Å². The van der Waals surface area contributed by atoms with Crippen molar-refractivity contribution in [2.24, 2.45) is 11.8 Å². The van der Waals surface area contributed by atoms with Crippen LogP contribution < -0.4 is 0 Å². The van der Waals surface area contributed by atoms with Crippen LogP contribution in [0.5, 0.6) is 0 Å². The van der Waals surface area contributed by atoms with Crippen molar-refractivity contribution >= 4 is 15.9 Å². The highest BCUT2D eigenvalue weighted by atomic mass is 79.9. The summed E-state index contributed by atoms with van der Waals surface area (Å²) in [5.41, 5.74) is 1.12. The first-order valence-electron chi connectivity index (χ1n) is 7.42. The maximum absolute atomic E-state index is 6.69. The van der Waals surface area contributed by atoms with E-state index >= 15 is 0 Å². The Hall–Kier alpha value is -0.640. The molecule has 1 heterocycles. The number of benzene rings is 1. The fourth-order valence-electron chi connectivity index (χ4n) is 4.27. The lowest BCUT2D eigenvalue weighted by molar-refractivity contribution is -0.110. The molecule has 6 atom stereocenters. The summed E-state index contributed by atoms with van der Waals surface area (Å²) in [6.07, 6.45) is 6.09.